The highest BCUT2D eigenvalue weighted by Gasteiger charge is 2.34. The van der Waals surface area contributed by atoms with Crippen LogP contribution in [0.1, 0.15) is 44.9 Å². The van der Waals surface area contributed by atoms with Crippen LogP contribution in [0, 0.1) is 0 Å². The fourth-order valence-corrected chi connectivity index (χ4v) is 5.43. The number of rotatable bonds is 9. The molecule has 210 valence electrons. The van der Waals surface area contributed by atoms with Gasteiger partial charge in [0.25, 0.3) is 5.56 Å². The van der Waals surface area contributed by atoms with Gasteiger partial charge >= 0.3 is 11.9 Å². The molecule has 11 heteroatoms. The summed E-state index contributed by atoms with van der Waals surface area (Å²) in [6.07, 6.45) is 1.72. The third-order valence-electron chi connectivity index (χ3n) is 6.08. The van der Waals surface area contributed by atoms with E-state index in [0.717, 1.165) is 0 Å². The van der Waals surface area contributed by atoms with Gasteiger partial charge < -0.3 is 23.7 Å². The molecule has 0 bridgehead atoms. The van der Waals surface area contributed by atoms with Crippen molar-refractivity contribution in [3.05, 3.63) is 78.5 Å². The zero-order chi connectivity index (χ0) is 29.0. The summed E-state index contributed by atoms with van der Waals surface area (Å²) in [7, 11) is 3.10. The van der Waals surface area contributed by atoms with Crippen LogP contribution in [0.25, 0.3) is 6.08 Å². The summed E-state index contributed by atoms with van der Waals surface area (Å²) in [6, 6.07) is 9.37. The molecule has 3 aromatic rings. The number of carbonyl (C=O) groups excluding carboxylic acids is 2. The number of benzene rings is 2. The average Bonchev–Trinajstić information content (AvgIpc) is 3.23. The molecule has 0 unspecified atom stereocenters. The lowest BCUT2D eigenvalue weighted by molar-refractivity contribution is -0.139. The molecule has 0 aliphatic carbocycles. The molecule has 2 heterocycles. The smallest absolute Gasteiger partial charge is 0.338 e. The zero-order valence-electron chi connectivity index (χ0n) is 23.1. The van der Waals surface area contributed by atoms with Gasteiger partial charge in [0, 0.05) is 18.6 Å². The van der Waals surface area contributed by atoms with Gasteiger partial charge in [-0.3, -0.25) is 14.2 Å². The summed E-state index contributed by atoms with van der Waals surface area (Å²) in [5.41, 5.74) is 1.55. The quantitative estimate of drug-likeness (QED) is 0.287. The number of fused-ring (bicyclic) bond motifs is 1. The van der Waals surface area contributed by atoms with E-state index in [1.165, 1.54) is 29.9 Å². The van der Waals surface area contributed by atoms with Crippen molar-refractivity contribution in [2.24, 2.45) is 4.99 Å². The fraction of sp³-hybridized carbons (Fsp3) is 0.310. The first-order chi connectivity index (χ1) is 19.2. The first-order valence-electron chi connectivity index (χ1n) is 12.6. The van der Waals surface area contributed by atoms with Gasteiger partial charge in [0.05, 0.1) is 49.3 Å². The van der Waals surface area contributed by atoms with E-state index in [1.807, 2.05) is 0 Å². The summed E-state index contributed by atoms with van der Waals surface area (Å²) >= 11 is 1.20. The Hall–Kier alpha value is -4.38. The molecule has 0 spiro atoms. The van der Waals surface area contributed by atoms with Gasteiger partial charge in [-0.25, -0.2) is 9.79 Å². The highest BCUT2D eigenvalue weighted by atomic mass is 32.1. The standard InChI is InChI=1S/C29H30N2O8S/c1-7-37-23-13-19(10-12-21(23)39-17(4)32)26-25(28(34)38-8-2)16(3)30-29-31(26)27(33)24(40-29)14-18-9-11-20(35-5)15-22(18)36-6/h9-15,26H,7-8H2,1-6H3/b24-14+/t26-/m0/s1. The van der Waals surface area contributed by atoms with Crippen LogP contribution in [-0.4, -0.2) is 43.9 Å². The zero-order valence-corrected chi connectivity index (χ0v) is 23.9. The minimum Gasteiger partial charge on any atom is -0.497 e. The fourth-order valence-electron chi connectivity index (χ4n) is 4.39. The summed E-state index contributed by atoms with van der Waals surface area (Å²) in [5, 5.41) is 0. The lowest BCUT2D eigenvalue weighted by Crippen LogP contribution is -2.40. The second-order valence-corrected chi connectivity index (χ2v) is 9.65. The molecule has 2 aromatic carbocycles. The molecule has 4 rings (SSSR count). The maximum Gasteiger partial charge on any atom is 0.338 e. The van der Waals surface area contributed by atoms with Crippen LogP contribution in [0.2, 0.25) is 0 Å². The topological polar surface area (TPSA) is 115 Å². The number of thiazole rings is 1. The normalized spacial score (nSPS) is 14.8. The van der Waals surface area contributed by atoms with Crippen molar-refractivity contribution < 1.29 is 33.3 Å². The number of allylic oxidation sites excluding steroid dienone is 1. The summed E-state index contributed by atoms with van der Waals surface area (Å²) in [5.74, 6) is 0.606. The van der Waals surface area contributed by atoms with E-state index < -0.39 is 18.0 Å². The number of ether oxygens (including phenoxy) is 5. The first kappa shape index (κ1) is 28.6. The van der Waals surface area contributed by atoms with Crippen molar-refractivity contribution in [3.8, 4) is 23.0 Å². The monoisotopic (exact) mass is 566 g/mol. The van der Waals surface area contributed by atoms with Crippen LogP contribution in [0.3, 0.4) is 0 Å². The molecule has 40 heavy (non-hydrogen) atoms. The molecule has 0 N–H and O–H groups in total. The summed E-state index contributed by atoms with van der Waals surface area (Å²) in [6.45, 7) is 6.98. The molecule has 1 aromatic heterocycles. The molecule has 1 aliphatic rings. The summed E-state index contributed by atoms with van der Waals surface area (Å²) < 4.78 is 29.0. The van der Waals surface area contributed by atoms with E-state index in [0.29, 0.717) is 50.0 Å². The Morgan fingerprint density at radius 3 is 2.45 bits per heavy atom. The van der Waals surface area contributed by atoms with E-state index in [1.54, 1.807) is 70.4 Å². The molecule has 1 aliphatic heterocycles. The lowest BCUT2D eigenvalue weighted by Gasteiger charge is -2.25. The lowest BCUT2D eigenvalue weighted by atomic mass is 9.95. The van der Waals surface area contributed by atoms with Crippen LogP contribution in [0.15, 0.2) is 57.5 Å². The van der Waals surface area contributed by atoms with Crippen molar-refractivity contribution in [2.75, 3.05) is 27.4 Å². The van der Waals surface area contributed by atoms with Crippen molar-refractivity contribution in [1.82, 2.24) is 4.57 Å². The molecular weight excluding hydrogens is 536 g/mol. The summed E-state index contributed by atoms with van der Waals surface area (Å²) in [4.78, 5) is 43.8. The van der Waals surface area contributed by atoms with Crippen LogP contribution in [0.5, 0.6) is 23.0 Å². The van der Waals surface area contributed by atoms with E-state index in [4.69, 9.17) is 23.7 Å². The molecule has 0 amide bonds. The van der Waals surface area contributed by atoms with Gasteiger partial charge in [-0.1, -0.05) is 17.4 Å². The van der Waals surface area contributed by atoms with Crippen LogP contribution >= 0.6 is 11.3 Å². The molecule has 10 nitrogen and oxygen atoms in total. The minimum atomic E-state index is -0.860. The second kappa shape index (κ2) is 12.2. The highest BCUT2D eigenvalue weighted by Crippen LogP contribution is 2.36. The molecule has 0 saturated heterocycles. The van der Waals surface area contributed by atoms with Crippen molar-refractivity contribution >= 4 is 29.4 Å². The van der Waals surface area contributed by atoms with Gasteiger partial charge in [-0.2, -0.15) is 0 Å². The Balaban J connectivity index is 1.96. The van der Waals surface area contributed by atoms with Crippen LogP contribution in [0.4, 0.5) is 0 Å². The number of aromatic nitrogens is 1. The first-order valence-corrected chi connectivity index (χ1v) is 13.4. The average molecular weight is 567 g/mol. The van der Waals surface area contributed by atoms with Gasteiger partial charge in [0.1, 0.15) is 11.5 Å². The number of hydrogen-bond donors (Lipinski definition) is 0. The van der Waals surface area contributed by atoms with Crippen molar-refractivity contribution in [1.29, 1.82) is 0 Å². The molecular formula is C29H30N2O8S. The van der Waals surface area contributed by atoms with E-state index in [2.05, 4.69) is 4.99 Å². The number of carbonyl (C=O) groups is 2. The van der Waals surface area contributed by atoms with Crippen LogP contribution < -0.4 is 33.8 Å². The Kier molecular flexibility index (Phi) is 8.73. The third kappa shape index (κ3) is 5.64. The van der Waals surface area contributed by atoms with Crippen molar-refractivity contribution in [2.45, 2.75) is 33.7 Å². The van der Waals surface area contributed by atoms with E-state index in [-0.39, 0.29) is 23.5 Å². The highest BCUT2D eigenvalue weighted by molar-refractivity contribution is 7.07. The second-order valence-electron chi connectivity index (χ2n) is 8.64. The third-order valence-corrected chi connectivity index (χ3v) is 7.06. The molecule has 0 saturated carbocycles. The van der Waals surface area contributed by atoms with Crippen LogP contribution in [-0.2, 0) is 14.3 Å². The SMILES string of the molecule is CCOC(=O)C1=C(C)N=c2s/c(=C/c3ccc(OC)cc3OC)c(=O)n2[C@H]1c1ccc(OC(C)=O)c(OCC)c1. The minimum absolute atomic E-state index is 0.152. The number of esters is 2. The van der Waals surface area contributed by atoms with Gasteiger partial charge in [0.15, 0.2) is 16.3 Å². The Morgan fingerprint density at radius 1 is 1.02 bits per heavy atom. The molecule has 1 atom stereocenters. The largest absolute Gasteiger partial charge is 0.497 e. The number of nitrogens with zero attached hydrogens (tertiary/aromatic N) is 2. The number of methoxy groups -OCH3 is 2. The predicted molar refractivity (Wildman–Crippen MR) is 149 cm³/mol. The molecule has 0 radical (unpaired) electrons. The van der Waals surface area contributed by atoms with Gasteiger partial charge in [0.2, 0.25) is 0 Å². The predicted octanol–water partition coefficient (Wildman–Crippen LogP) is 3.14. The Bertz CT molecular complexity index is 1670. The number of hydrogen-bond acceptors (Lipinski definition) is 10. The van der Waals surface area contributed by atoms with E-state index >= 15 is 0 Å². The van der Waals surface area contributed by atoms with Gasteiger partial charge in [-0.05, 0) is 56.7 Å². The van der Waals surface area contributed by atoms with Crippen molar-refractivity contribution in [3.63, 3.8) is 0 Å². The molecule has 0 fully saturated rings. The maximum atomic E-state index is 13.9. The van der Waals surface area contributed by atoms with E-state index in [9.17, 15) is 14.4 Å². The Morgan fingerprint density at radius 2 is 1.80 bits per heavy atom. The Labute approximate surface area is 234 Å². The van der Waals surface area contributed by atoms with Gasteiger partial charge in [-0.15, -0.1) is 0 Å². The maximum absolute atomic E-state index is 13.9.